The number of hydrogen-bond donors (Lipinski definition) is 6. The number of hydrogen-bond acceptors (Lipinski definition) is 13. The lowest BCUT2D eigenvalue weighted by Gasteiger charge is -2.43. The second kappa shape index (κ2) is 25.3. The number of halogens is 3. The first kappa shape index (κ1) is 57.9. The lowest BCUT2D eigenvalue weighted by molar-refractivity contribution is -0.144. The lowest BCUT2D eigenvalue weighted by Crippen LogP contribution is -2.62. The van der Waals surface area contributed by atoms with Crippen molar-refractivity contribution in [2.24, 2.45) is 5.92 Å². The number of nitrogens with zero attached hydrogens (tertiary/aromatic N) is 5. The Morgan fingerprint density at radius 3 is 2.38 bits per heavy atom. The fourth-order valence-electron chi connectivity index (χ4n) is 11.4. The van der Waals surface area contributed by atoms with Crippen molar-refractivity contribution in [3.05, 3.63) is 118 Å². The molecule has 428 valence electrons. The van der Waals surface area contributed by atoms with Crippen molar-refractivity contribution < 1.29 is 51.4 Å². The minimum absolute atomic E-state index is 0.0107. The molecule has 80 heavy (non-hydrogen) atoms. The van der Waals surface area contributed by atoms with E-state index in [0.717, 1.165) is 42.4 Å². The fourth-order valence-corrected chi connectivity index (χ4v) is 11.4. The van der Waals surface area contributed by atoms with Crippen molar-refractivity contribution in [3.63, 3.8) is 0 Å². The van der Waals surface area contributed by atoms with Crippen LogP contribution in [-0.4, -0.2) is 165 Å². The van der Waals surface area contributed by atoms with Crippen LogP contribution < -0.4 is 36.8 Å². The zero-order chi connectivity index (χ0) is 56.8. The number of carbonyl (C=O) groups excluding carboxylic acids is 6. The van der Waals surface area contributed by atoms with Gasteiger partial charge in [-0.3, -0.25) is 43.6 Å². The summed E-state index contributed by atoms with van der Waals surface area (Å²) in [4.78, 5) is 97.7. The monoisotopic (exact) mass is 1110 g/mol. The van der Waals surface area contributed by atoms with Gasteiger partial charge in [0.25, 0.3) is 5.91 Å². The average molecular weight is 1110 g/mol. The standard InChI is InChI=1S/C58H72F3N11O8/c1-34-28-70(43(27-64-34)30-69-19-22-80-32-35(69)2)31-49(74)72-33-58(4,53-47(72)24-38(26-65-53)23-37-9-12-41(59)13-10-37)57(78)63-18-15-48(73)66-42-14-11-40-29-71(52(44(40)25-42)55(76)68-51-45(60)7-6-8-46(51)61)56(77)50(39-16-20-79-21-17-39)67-54(75)36(3)62-5/h6-14,24-26,34-36,39,43,50,52,62,64H,15-23,27-33H2,1-5H3,(H,63,78)(H,66,73)(H,67,75)(H,68,76)/t34?,35?,36-,43+,50?,52?,58+/m0/s1. The van der Waals surface area contributed by atoms with Gasteiger partial charge in [-0.05, 0) is 125 Å². The molecule has 3 fully saturated rings. The quantitative estimate of drug-likeness (QED) is 0.0838. The van der Waals surface area contributed by atoms with Crippen LogP contribution in [0.2, 0.25) is 0 Å². The number of benzene rings is 3. The number of amides is 6. The molecule has 0 aliphatic carbocycles. The van der Waals surface area contributed by atoms with Crippen LogP contribution in [0.15, 0.2) is 72.9 Å². The van der Waals surface area contributed by atoms with E-state index in [-0.39, 0.29) is 79.6 Å². The van der Waals surface area contributed by atoms with Crippen molar-refractivity contribution in [2.45, 2.75) is 102 Å². The molecule has 6 amide bonds. The number of ether oxygens (including phenoxy) is 2. The Bertz CT molecular complexity index is 2930. The Morgan fingerprint density at radius 2 is 1.65 bits per heavy atom. The highest BCUT2D eigenvalue weighted by Crippen LogP contribution is 2.42. The Balaban J connectivity index is 0.905. The van der Waals surface area contributed by atoms with Crippen molar-refractivity contribution >= 4 is 52.5 Å². The predicted molar refractivity (Wildman–Crippen MR) is 293 cm³/mol. The summed E-state index contributed by atoms with van der Waals surface area (Å²) in [5, 5.41) is 17.4. The number of nitrogens with one attached hydrogen (secondary N) is 6. The molecule has 19 nitrogen and oxygen atoms in total. The molecule has 7 atom stereocenters. The van der Waals surface area contributed by atoms with Crippen molar-refractivity contribution in [1.29, 1.82) is 0 Å². The van der Waals surface area contributed by atoms with Crippen LogP contribution in [-0.2, 0) is 56.6 Å². The third-order valence-corrected chi connectivity index (χ3v) is 16.2. The first-order valence-corrected chi connectivity index (χ1v) is 27.6. The molecule has 0 saturated carbocycles. The van der Waals surface area contributed by atoms with Gasteiger partial charge in [0.05, 0.1) is 37.2 Å². The normalized spacial score (nSPS) is 23.1. The fraction of sp³-hybridized carbons (Fsp3) is 0.500. The molecule has 9 rings (SSSR count). The van der Waals surface area contributed by atoms with Gasteiger partial charge in [0.1, 0.15) is 40.6 Å². The van der Waals surface area contributed by atoms with Crippen LogP contribution in [0.25, 0.3) is 0 Å². The highest BCUT2D eigenvalue weighted by Gasteiger charge is 2.49. The molecule has 6 N–H and O–H groups in total. The Morgan fingerprint density at radius 1 is 0.900 bits per heavy atom. The molecule has 5 aliphatic heterocycles. The van der Waals surface area contributed by atoms with Crippen LogP contribution in [0.4, 0.5) is 30.2 Å². The van der Waals surface area contributed by atoms with Crippen LogP contribution >= 0.6 is 0 Å². The minimum Gasteiger partial charge on any atom is -0.381 e. The molecule has 0 radical (unpaired) electrons. The van der Waals surface area contributed by atoms with Crippen molar-refractivity contribution in [1.82, 2.24) is 41.0 Å². The number of piperazine rings is 1. The summed E-state index contributed by atoms with van der Waals surface area (Å²) in [6, 6.07) is 13.2. The highest BCUT2D eigenvalue weighted by molar-refractivity contribution is 6.03. The number of fused-ring (bicyclic) bond motifs is 2. The second-order valence-electron chi connectivity index (χ2n) is 22.0. The molecule has 5 aliphatic rings. The first-order chi connectivity index (χ1) is 38.4. The van der Waals surface area contributed by atoms with Crippen LogP contribution in [0.5, 0.6) is 0 Å². The van der Waals surface area contributed by atoms with Crippen LogP contribution in [0.1, 0.15) is 80.9 Å². The first-order valence-electron chi connectivity index (χ1n) is 27.6. The number of anilines is 3. The molecule has 3 saturated heterocycles. The number of rotatable bonds is 18. The van der Waals surface area contributed by atoms with Gasteiger partial charge in [-0.2, -0.15) is 0 Å². The summed E-state index contributed by atoms with van der Waals surface area (Å²) in [6.45, 7) is 12.4. The summed E-state index contributed by atoms with van der Waals surface area (Å²) in [7, 11) is 1.61. The molecular formula is C58H72F3N11O8. The Labute approximate surface area is 464 Å². The number of morpholine rings is 1. The Kier molecular flexibility index (Phi) is 18.3. The summed E-state index contributed by atoms with van der Waals surface area (Å²) in [5.41, 5.74) is 1.54. The van der Waals surface area contributed by atoms with Gasteiger partial charge < -0.3 is 51.2 Å². The van der Waals surface area contributed by atoms with E-state index in [2.05, 4.69) is 55.5 Å². The molecular weight excluding hydrogens is 1040 g/mol. The van der Waals surface area contributed by atoms with Crippen molar-refractivity contribution in [3.8, 4) is 0 Å². The topological polar surface area (TPSA) is 219 Å². The van der Waals surface area contributed by atoms with Crippen molar-refractivity contribution in [2.75, 3.05) is 94.8 Å². The molecule has 0 spiro atoms. The van der Waals surface area contributed by atoms with E-state index >= 15 is 8.78 Å². The highest BCUT2D eigenvalue weighted by atomic mass is 19.1. The summed E-state index contributed by atoms with van der Waals surface area (Å²) < 4.78 is 55.1. The zero-order valence-electron chi connectivity index (χ0n) is 45.9. The van der Waals surface area contributed by atoms with Gasteiger partial charge in [-0.1, -0.05) is 24.3 Å². The van der Waals surface area contributed by atoms with E-state index in [0.29, 0.717) is 75.7 Å². The van der Waals surface area contributed by atoms with E-state index in [9.17, 15) is 33.2 Å². The largest absolute Gasteiger partial charge is 0.381 e. The van der Waals surface area contributed by atoms with E-state index in [1.54, 1.807) is 56.3 Å². The van der Waals surface area contributed by atoms with Gasteiger partial charge in [-0.15, -0.1) is 0 Å². The third-order valence-electron chi connectivity index (χ3n) is 16.2. The van der Waals surface area contributed by atoms with E-state index in [1.165, 1.54) is 23.1 Å². The molecule has 22 heteroatoms. The number of carbonyl (C=O) groups is 6. The number of pyridine rings is 1. The van der Waals surface area contributed by atoms with Crippen LogP contribution in [0, 0.1) is 23.4 Å². The average Bonchev–Trinajstić information content (AvgIpc) is 4.19. The van der Waals surface area contributed by atoms with Crippen LogP contribution in [0.3, 0.4) is 0 Å². The van der Waals surface area contributed by atoms with Gasteiger partial charge >= 0.3 is 0 Å². The lowest BCUT2D eigenvalue weighted by atomic mass is 9.87. The zero-order valence-corrected chi connectivity index (χ0v) is 45.9. The summed E-state index contributed by atoms with van der Waals surface area (Å²) in [6.07, 6.45) is 2.79. The minimum atomic E-state index is -1.44. The smallest absolute Gasteiger partial charge is 0.252 e. The number of aromatic nitrogens is 1. The molecule has 1 aromatic heterocycles. The SMILES string of the molecule is CN[C@@H](C)C(=O)NC(C(=O)N1Cc2ccc(NC(=O)CCNC(=O)[C@]3(C)CN(C(=O)CN4CC(C)NC[C@@H]4CN4CCOCC4C)c4cc(Cc5ccc(F)cc5)cnc43)cc2C1C(=O)Nc1c(F)cccc1F)C1CCOCC1. The third kappa shape index (κ3) is 13.0. The molecule has 4 aromatic rings. The Hall–Kier alpha value is -6.82. The van der Waals surface area contributed by atoms with Gasteiger partial charge in [0.2, 0.25) is 29.5 Å². The maximum Gasteiger partial charge on any atom is 0.252 e. The number of likely N-dealkylation sites (N-methyl/N-ethyl adjacent to an activating group) is 1. The predicted octanol–water partition coefficient (Wildman–Crippen LogP) is 3.76. The molecule has 4 unspecified atom stereocenters. The van der Waals surface area contributed by atoms with Gasteiger partial charge in [-0.25, -0.2) is 13.2 Å². The molecule has 3 aromatic carbocycles. The summed E-state index contributed by atoms with van der Waals surface area (Å²) in [5.74, 6) is -5.84. The van der Waals surface area contributed by atoms with Gasteiger partial charge in [0, 0.05) is 95.5 Å². The number of para-hydroxylation sites is 1. The van der Waals surface area contributed by atoms with Gasteiger partial charge in [0.15, 0.2) is 0 Å². The van der Waals surface area contributed by atoms with E-state index in [4.69, 9.17) is 14.5 Å². The second-order valence-corrected chi connectivity index (χ2v) is 22.0. The summed E-state index contributed by atoms with van der Waals surface area (Å²) >= 11 is 0. The van der Waals surface area contributed by atoms with E-state index in [1.807, 2.05) is 6.07 Å². The maximum absolute atomic E-state index is 15.0. The molecule has 0 bridgehead atoms. The van der Waals surface area contributed by atoms with E-state index < -0.39 is 70.4 Å². The maximum atomic E-state index is 15.0. The molecule has 6 heterocycles.